The van der Waals surface area contributed by atoms with Crippen LogP contribution >= 0.6 is 0 Å². The summed E-state index contributed by atoms with van der Waals surface area (Å²) >= 11 is 0. The number of rotatable bonds is 8. The van der Waals surface area contributed by atoms with Crippen molar-refractivity contribution in [3.05, 3.63) is 60.5 Å². The second-order valence-corrected chi connectivity index (χ2v) is 6.40. The molecule has 0 atom stereocenters. The lowest BCUT2D eigenvalue weighted by atomic mass is 10.2. The second kappa shape index (κ2) is 9.50. The van der Waals surface area contributed by atoms with Crippen molar-refractivity contribution in [2.75, 3.05) is 26.0 Å². The van der Waals surface area contributed by atoms with Crippen LogP contribution < -0.4 is 10.1 Å². The Morgan fingerprint density at radius 2 is 1.83 bits per heavy atom. The first kappa shape index (κ1) is 20.1. The summed E-state index contributed by atoms with van der Waals surface area (Å²) < 4.78 is 10.3. The fourth-order valence-electron chi connectivity index (χ4n) is 2.64. The van der Waals surface area contributed by atoms with Gasteiger partial charge in [0.15, 0.2) is 0 Å². The van der Waals surface area contributed by atoms with E-state index >= 15 is 0 Å². The Kier molecular flexibility index (Phi) is 6.57. The van der Waals surface area contributed by atoms with Crippen molar-refractivity contribution in [3.63, 3.8) is 0 Å². The summed E-state index contributed by atoms with van der Waals surface area (Å²) in [6.07, 6.45) is 0.478. The number of hydrogen-bond donors (Lipinski definition) is 1. The van der Waals surface area contributed by atoms with Crippen LogP contribution in [-0.2, 0) is 16.0 Å². The molecule has 8 nitrogen and oxygen atoms in total. The summed E-state index contributed by atoms with van der Waals surface area (Å²) in [4.78, 5) is 30.1. The van der Waals surface area contributed by atoms with Gasteiger partial charge in [0.25, 0.3) is 0 Å². The van der Waals surface area contributed by atoms with Crippen molar-refractivity contribution in [2.45, 2.75) is 12.8 Å². The molecule has 3 rings (SSSR count). The molecule has 0 spiro atoms. The number of methoxy groups -OCH3 is 1. The van der Waals surface area contributed by atoms with E-state index in [-0.39, 0.29) is 24.8 Å². The van der Waals surface area contributed by atoms with E-state index in [9.17, 15) is 9.59 Å². The van der Waals surface area contributed by atoms with Crippen molar-refractivity contribution in [1.29, 1.82) is 0 Å². The molecule has 0 bridgehead atoms. The molecule has 2 aromatic carbocycles. The van der Waals surface area contributed by atoms with Gasteiger partial charge in [0, 0.05) is 31.1 Å². The zero-order chi connectivity index (χ0) is 20.6. The fraction of sp³-hybridized carbons (Fsp3) is 0.238. The van der Waals surface area contributed by atoms with Crippen molar-refractivity contribution in [2.24, 2.45) is 0 Å². The SMILES string of the molecule is COc1ccc(NC(=O)CN(C)C(=O)CCc2nc(-c3ccccc3)no2)cc1. The van der Waals surface area contributed by atoms with Crippen LogP contribution in [0.4, 0.5) is 5.69 Å². The Morgan fingerprint density at radius 1 is 1.10 bits per heavy atom. The first-order valence-corrected chi connectivity index (χ1v) is 9.11. The average Bonchev–Trinajstić information content (AvgIpc) is 3.22. The Labute approximate surface area is 168 Å². The van der Waals surface area contributed by atoms with Crippen molar-refractivity contribution >= 4 is 17.5 Å². The number of ether oxygens (including phenoxy) is 1. The number of likely N-dealkylation sites (N-methyl/N-ethyl adjacent to an activating group) is 1. The number of carbonyl (C=O) groups is 2. The normalized spacial score (nSPS) is 10.4. The summed E-state index contributed by atoms with van der Waals surface area (Å²) in [5.41, 5.74) is 1.48. The minimum Gasteiger partial charge on any atom is -0.497 e. The van der Waals surface area contributed by atoms with Crippen LogP contribution in [0.25, 0.3) is 11.4 Å². The summed E-state index contributed by atoms with van der Waals surface area (Å²) in [5, 5.41) is 6.68. The predicted octanol–water partition coefficient (Wildman–Crippen LogP) is 2.77. The molecule has 0 radical (unpaired) electrons. The van der Waals surface area contributed by atoms with Crippen LogP contribution in [0.2, 0.25) is 0 Å². The number of nitrogens with one attached hydrogen (secondary N) is 1. The maximum atomic E-state index is 12.3. The van der Waals surface area contributed by atoms with Gasteiger partial charge in [-0.3, -0.25) is 9.59 Å². The highest BCUT2D eigenvalue weighted by Gasteiger charge is 2.15. The molecular weight excluding hydrogens is 372 g/mol. The minimum absolute atomic E-state index is 0.0516. The van der Waals surface area contributed by atoms with Gasteiger partial charge in [-0.25, -0.2) is 0 Å². The summed E-state index contributed by atoms with van der Waals surface area (Å²) in [5.74, 6) is 1.10. The third-order valence-corrected chi connectivity index (χ3v) is 4.23. The molecule has 1 aromatic heterocycles. The van der Waals surface area contributed by atoms with Gasteiger partial charge in [0.1, 0.15) is 5.75 Å². The van der Waals surface area contributed by atoms with Gasteiger partial charge in [-0.1, -0.05) is 35.5 Å². The maximum absolute atomic E-state index is 12.3. The Balaban J connectivity index is 1.46. The third-order valence-electron chi connectivity index (χ3n) is 4.23. The monoisotopic (exact) mass is 394 g/mol. The number of aromatic nitrogens is 2. The first-order valence-electron chi connectivity index (χ1n) is 9.11. The molecule has 8 heteroatoms. The van der Waals surface area contributed by atoms with Gasteiger partial charge in [0.05, 0.1) is 13.7 Å². The molecule has 1 N–H and O–H groups in total. The van der Waals surface area contributed by atoms with Gasteiger partial charge < -0.3 is 19.5 Å². The van der Waals surface area contributed by atoms with Gasteiger partial charge in [-0.15, -0.1) is 0 Å². The molecule has 0 unspecified atom stereocenters. The molecule has 0 saturated heterocycles. The molecule has 150 valence electrons. The second-order valence-electron chi connectivity index (χ2n) is 6.40. The molecule has 3 aromatic rings. The Morgan fingerprint density at radius 3 is 2.52 bits per heavy atom. The van der Waals surface area contributed by atoms with E-state index in [0.29, 0.717) is 29.6 Å². The van der Waals surface area contributed by atoms with E-state index in [4.69, 9.17) is 9.26 Å². The molecule has 0 fully saturated rings. The highest BCUT2D eigenvalue weighted by Crippen LogP contribution is 2.16. The van der Waals surface area contributed by atoms with Crippen LogP contribution in [0.15, 0.2) is 59.1 Å². The number of aryl methyl sites for hydroxylation is 1. The van der Waals surface area contributed by atoms with Gasteiger partial charge in [0.2, 0.25) is 23.5 Å². The number of anilines is 1. The smallest absolute Gasteiger partial charge is 0.243 e. The van der Waals surface area contributed by atoms with Crippen LogP contribution in [0, 0.1) is 0 Å². The van der Waals surface area contributed by atoms with E-state index < -0.39 is 0 Å². The number of hydrogen-bond acceptors (Lipinski definition) is 6. The van der Waals surface area contributed by atoms with Crippen molar-refractivity contribution in [3.8, 4) is 17.1 Å². The van der Waals surface area contributed by atoms with Crippen LogP contribution in [0.3, 0.4) is 0 Å². The van der Waals surface area contributed by atoms with Crippen molar-refractivity contribution < 1.29 is 18.8 Å². The van der Waals surface area contributed by atoms with Gasteiger partial charge in [-0.2, -0.15) is 4.98 Å². The van der Waals surface area contributed by atoms with E-state index in [1.54, 1.807) is 38.4 Å². The quantitative estimate of drug-likeness (QED) is 0.631. The minimum atomic E-state index is -0.282. The lowest BCUT2D eigenvalue weighted by Gasteiger charge is -2.16. The Bertz CT molecular complexity index is 954. The highest BCUT2D eigenvalue weighted by molar-refractivity contribution is 5.94. The lowest BCUT2D eigenvalue weighted by Crippen LogP contribution is -2.35. The van der Waals surface area contributed by atoms with Crippen LogP contribution in [-0.4, -0.2) is 47.6 Å². The number of nitrogens with zero attached hydrogens (tertiary/aromatic N) is 3. The predicted molar refractivity (Wildman–Crippen MR) is 107 cm³/mol. The molecule has 0 saturated carbocycles. The maximum Gasteiger partial charge on any atom is 0.243 e. The lowest BCUT2D eigenvalue weighted by molar-refractivity contribution is -0.133. The third kappa shape index (κ3) is 5.65. The first-order chi connectivity index (χ1) is 14.0. The molecule has 0 aliphatic rings. The fourth-order valence-corrected chi connectivity index (χ4v) is 2.64. The molecule has 0 aliphatic heterocycles. The molecular formula is C21H22N4O4. The van der Waals surface area contributed by atoms with Crippen LogP contribution in [0.5, 0.6) is 5.75 Å². The zero-order valence-electron chi connectivity index (χ0n) is 16.3. The summed E-state index contributed by atoms with van der Waals surface area (Å²) in [6.45, 7) is -0.0516. The van der Waals surface area contributed by atoms with E-state index in [0.717, 1.165) is 5.56 Å². The van der Waals surface area contributed by atoms with E-state index in [1.807, 2.05) is 30.3 Å². The van der Waals surface area contributed by atoms with E-state index in [1.165, 1.54) is 4.90 Å². The largest absolute Gasteiger partial charge is 0.497 e. The highest BCUT2D eigenvalue weighted by atomic mass is 16.5. The van der Waals surface area contributed by atoms with Crippen LogP contribution in [0.1, 0.15) is 12.3 Å². The molecule has 0 aliphatic carbocycles. The summed E-state index contributed by atoms with van der Waals surface area (Å²) in [6, 6.07) is 16.4. The number of benzene rings is 2. The molecule has 29 heavy (non-hydrogen) atoms. The summed E-state index contributed by atoms with van der Waals surface area (Å²) in [7, 11) is 3.16. The average molecular weight is 394 g/mol. The zero-order valence-corrected chi connectivity index (χ0v) is 16.3. The van der Waals surface area contributed by atoms with E-state index in [2.05, 4.69) is 15.5 Å². The Hall–Kier alpha value is -3.68. The van der Waals surface area contributed by atoms with Crippen molar-refractivity contribution in [1.82, 2.24) is 15.0 Å². The standard InChI is InChI=1S/C21H22N4O4/c1-25(14-18(26)22-16-8-10-17(28-2)11-9-16)20(27)13-12-19-23-21(24-29-19)15-6-4-3-5-7-15/h3-11H,12-14H2,1-2H3,(H,22,26). The number of carbonyl (C=O) groups excluding carboxylic acids is 2. The van der Waals surface area contributed by atoms with Gasteiger partial charge >= 0.3 is 0 Å². The topological polar surface area (TPSA) is 97.6 Å². The van der Waals surface area contributed by atoms with Gasteiger partial charge in [-0.05, 0) is 24.3 Å². The molecule has 2 amide bonds. The molecule has 1 heterocycles. The number of amides is 2.